The molecule has 0 bridgehead atoms. The van der Waals surface area contributed by atoms with Gasteiger partial charge in [-0.15, -0.1) is 0 Å². The summed E-state index contributed by atoms with van der Waals surface area (Å²) in [4.78, 5) is 12.2. The summed E-state index contributed by atoms with van der Waals surface area (Å²) in [6.45, 7) is 0. The van der Waals surface area contributed by atoms with Crippen molar-refractivity contribution in [1.29, 1.82) is 0 Å². The predicted molar refractivity (Wildman–Crippen MR) is 67.3 cm³/mol. The lowest BCUT2D eigenvalue weighted by atomic mass is 10.1. The van der Waals surface area contributed by atoms with Gasteiger partial charge in [0, 0.05) is 23.5 Å². The fourth-order valence-electron chi connectivity index (χ4n) is 1.75. The minimum absolute atomic E-state index is 0.271. The molecule has 0 unspecified atom stereocenters. The van der Waals surface area contributed by atoms with Gasteiger partial charge in [0.15, 0.2) is 0 Å². The quantitative estimate of drug-likeness (QED) is 0.790. The molecule has 1 aromatic carbocycles. The van der Waals surface area contributed by atoms with Gasteiger partial charge >= 0.3 is 0 Å². The highest BCUT2D eigenvalue weighted by Gasteiger charge is 2.13. The molecule has 1 aliphatic heterocycles. The number of rotatable bonds is 2. The van der Waals surface area contributed by atoms with Crippen molar-refractivity contribution in [1.82, 2.24) is 4.98 Å². The van der Waals surface area contributed by atoms with Gasteiger partial charge in [0.05, 0.1) is 0 Å². The van der Waals surface area contributed by atoms with E-state index in [1.807, 2.05) is 12.1 Å². The van der Waals surface area contributed by atoms with Crippen molar-refractivity contribution in [3.8, 4) is 0 Å². The zero-order valence-electron chi connectivity index (χ0n) is 9.34. The van der Waals surface area contributed by atoms with Crippen molar-refractivity contribution in [2.45, 2.75) is 0 Å². The molecule has 1 aliphatic rings. The van der Waals surface area contributed by atoms with E-state index in [9.17, 15) is 4.39 Å². The minimum Gasteiger partial charge on any atom is -0.265 e. The van der Waals surface area contributed by atoms with E-state index in [-0.39, 0.29) is 5.82 Å². The van der Waals surface area contributed by atoms with E-state index >= 15 is 0 Å². The van der Waals surface area contributed by atoms with Crippen LogP contribution in [0, 0.1) is 5.82 Å². The summed E-state index contributed by atoms with van der Waals surface area (Å²) in [6.07, 6.45) is 3.39. The van der Waals surface area contributed by atoms with Gasteiger partial charge in [-0.25, -0.2) is 4.39 Å². The third-order valence-corrected chi connectivity index (χ3v) is 2.62. The Kier molecular flexibility index (Phi) is 2.56. The number of pyridine rings is 1. The van der Waals surface area contributed by atoms with Crippen molar-refractivity contribution in [3.05, 3.63) is 65.7 Å². The lowest BCUT2D eigenvalue weighted by Crippen LogP contribution is -1.86. The summed E-state index contributed by atoms with van der Waals surface area (Å²) < 4.78 is 12.9. The third kappa shape index (κ3) is 1.85. The molecular formula is C14H8FN3. The molecule has 3 rings (SSSR count). The van der Waals surface area contributed by atoms with E-state index in [0.29, 0.717) is 5.70 Å². The van der Waals surface area contributed by atoms with Gasteiger partial charge in [0.1, 0.15) is 23.2 Å². The highest BCUT2D eigenvalue weighted by atomic mass is 19.1. The molecule has 0 atom stereocenters. The van der Waals surface area contributed by atoms with Gasteiger partial charge in [-0.05, 0) is 36.4 Å². The van der Waals surface area contributed by atoms with Crippen LogP contribution in [0.3, 0.4) is 0 Å². The first-order chi connectivity index (χ1) is 8.84. The largest absolute Gasteiger partial charge is 0.265 e. The average molecular weight is 237 g/mol. The van der Waals surface area contributed by atoms with E-state index in [1.54, 1.807) is 24.5 Å². The average Bonchev–Trinajstić information content (AvgIpc) is 2.90. The van der Waals surface area contributed by atoms with Crippen LogP contribution >= 0.6 is 0 Å². The maximum atomic E-state index is 12.9. The molecule has 0 saturated heterocycles. The molecule has 0 radical (unpaired) electrons. The maximum absolute atomic E-state index is 12.9. The molecule has 3 nitrogen and oxygen atoms in total. The summed E-state index contributed by atoms with van der Waals surface area (Å²) in [5.74, 6) is -0.271. The first-order valence-electron chi connectivity index (χ1n) is 5.42. The van der Waals surface area contributed by atoms with Crippen molar-refractivity contribution >= 4 is 17.4 Å². The Hall–Kier alpha value is -2.58. The van der Waals surface area contributed by atoms with Crippen LogP contribution in [0.5, 0.6) is 0 Å². The van der Waals surface area contributed by atoms with Gasteiger partial charge in [-0.3, -0.25) is 4.98 Å². The second-order valence-electron chi connectivity index (χ2n) is 3.76. The smallest absolute Gasteiger partial charge is 0.123 e. The number of nitrogens with zero attached hydrogens (tertiary/aromatic N) is 3. The molecule has 2 aromatic rings. The van der Waals surface area contributed by atoms with Crippen LogP contribution < -0.4 is 0 Å². The Morgan fingerprint density at radius 1 is 0.778 bits per heavy atom. The highest BCUT2D eigenvalue weighted by Crippen LogP contribution is 2.30. The van der Waals surface area contributed by atoms with Gasteiger partial charge in [0.25, 0.3) is 0 Å². The Labute approximate surface area is 103 Å². The second-order valence-corrected chi connectivity index (χ2v) is 3.76. The number of hydrogen-bond donors (Lipinski definition) is 0. The lowest BCUT2D eigenvalue weighted by molar-refractivity contribution is 0.627. The summed E-state index contributed by atoms with van der Waals surface area (Å²) in [6, 6.07) is 12.5. The van der Waals surface area contributed by atoms with Gasteiger partial charge < -0.3 is 0 Å². The zero-order valence-corrected chi connectivity index (χ0v) is 9.34. The minimum atomic E-state index is -0.271. The van der Waals surface area contributed by atoms with E-state index in [0.717, 1.165) is 16.8 Å². The van der Waals surface area contributed by atoms with Crippen molar-refractivity contribution in [2.75, 3.05) is 0 Å². The number of aromatic nitrogens is 1. The predicted octanol–water partition coefficient (Wildman–Crippen LogP) is 3.23. The van der Waals surface area contributed by atoms with Crippen LogP contribution in [0.25, 0.3) is 11.4 Å². The zero-order chi connectivity index (χ0) is 12.4. The number of benzene rings is 1. The molecular weight excluding hydrogens is 229 g/mol. The molecule has 0 N–H and O–H groups in total. The Morgan fingerprint density at radius 3 is 1.94 bits per heavy atom. The van der Waals surface area contributed by atoms with Crippen molar-refractivity contribution in [3.63, 3.8) is 0 Å². The van der Waals surface area contributed by atoms with E-state index in [2.05, 4.69) is 21.0 Å². The molecule has 0 aliphatic carbocycles. The standard InChI is InChI=1S/C14H8FN3/c15-12-3-1-10(2-4-12)13-14(18-9-17-13)11-5-7-16-8-6-11/h1-8H. The second kappa shape index (κ2) is 4.35. The fourth-order valence-corrected chi connectivity index (χ4v) is 1.75. The summed E-state index contributed by atoms with van der Waals surface area (Å²) >= 11 is 0. The molecule has 1 aromatic heterocycles. The van der Waals surface area contributed by atoms with Crippen LogP contribution in [0.4, 0.5) is 4.39 Å². The van der Waals surface area contributed by atoms with Crippen LogP contribution in [-0.2, 0) is 0 Å². The van der Waals surface area contributed by atoms with Crippen LogP contribution in [0.1, 0.15) is 11.1 Å². The van der Waals surface area contributed by atoms with Crippen molar-refractivity contribution in [2.24, 2.45) is 9.98 Å². The SMILES string of the molecule is Fc1ccc(C2=C(c3ccncc3)N=C=N2)cc1. The molecule has 86 valence electrons. The lowest BCUT2D eigenvalue weighted by Gasteiger charge is -2.03. The molecule has 18 heavy (non-hydrogen) atoms. The topological polar surface area (TPSA) is 37.6 Å². The molecule has 4 heteroatoms. The number of hydrogen-bond acceptors (Lipinski definition) is 3. The van der Waals surface area contributed by atoms with E-state index < -0.39 is 0 Å². The van der Waals surface area contributed by atoms with E-state index in [4.69, 9.17) is 0 Å². The third-order valence-electron chi connectivity index (χ3n) is 2.62. The van der Waals surface area contributed by atoms with Gasteiger partial charge in [-0.1, -0.05) is 0 Å². The van der Waals surface area contributed by atoms with Gasteiger partial charge in [-0.2, -0.15) is 9.98 Å². The molecule has 0 spiro atoms. The van der Waals surface area contributed by atoms with Crippen LogP contribution in [-0.4, -0.2) is 11.0 Å². The summed E-state index contributed by atoms with van der Waals surface area (Å²) in [5, 5.41) is 0. The van der Waals surface area contributed by atoms with Crippen LogP contribution in [0.15, 0.2) is 58.8 Å². The Morgan fingerprint density at radius 2 is 1.33 bits per heavy atom. The number of aliphatic imine (C=N–C) groups is 2. The summed E-state index contributed by atoms with van der Waals surface area (Å²) in [5.41, 5.74) is 3.15. The first kappa shape index (κ1) is 10.6. The summed E-state index contributed by atoms with van der Waals surface area (Å²) in [7, 11) is 0. The Bertz CT molecular complexity index is 666. The van der Waals surface area contributed by atoms with Crippen molar-refractivity contribution < 1.29 is 4.39 Å². The fraction of sp³-hybridized carbons (Fsp3) is 0. The first-order valence-corrected chi connectivity index (χ1v) is 5.42. The molecule has 0 saturated carbocycles. The normalized spacial score (nSPS) is 13.4. The number of halogens is 1. The van der Waals surface area contributed by atoms with Gasteiger partial charge in [0.2, 0.25) is 0 Å². The monoisotopic (exact) mass is 237 g/mol. The van der Waals surface area contributed by atoms with Crippen LogP contribution in [0.2, 0.25) is 0 Å². The molecule has 0 amide bonds. The maximum Gasteiger partial charge on any atom is 0.123 e. The molecule has 2 heterocycles. The van der Waals surface area contributed by atoms with E-state index in [1.165, 1.54) is 12.1 Å². The molecule has 0 fully saturated rings. The highest BCUT2D eigenvalue weighted by molar-refractivity contribution is 5.96. The Balaban J connectivity index is 2.10.